The minimum Gasteiger partial charge on any atom is -0.384 e. The summed E-state index contributed by atoms with van der Waals surface area (Å²) in [7, 11) is 0. The Kier molecular flexibility index (Phi) is 5.86. The lowest BCUT2D eigenvalue weighted by Gasteiger charge is -2.27. The molecule has 2 rings (SSSR count). The maximum atomic E-state index is 10.7. The van der Waals surface area contributed by atoms with Gasteiger partial charge in [-0.25, -0.2) is 0 Å². The predicted molar refractivity (Wildman–Crippen MR) is 99.6 cm³/mol. The minimum atomic E-state index is -0.469. The summed E-state index contributed by atoms with van der Waals surface area (Å²) < 4.78 is 0. The topological polar surface area (TPSA) is 20.2 Å². The highest BCUT2D eigenvalue weighted by Crippen LogP contribution is 2.36. The summed E-state index contributed by atoms with van der Waals surface area (Å²) in [5, 5.41) is 10.7. The quantitative estimate of drug-likeness (QED) is 0.675. The summed E-state index contributed by atoms with van der Waals surface area (Å²) in [5.41, 5.74) is 5.21. The standard InChI is InChI=1S/C22H32O/c1-6-7-16(2)17-8-10-18(11-9-17)21(23)19-12-14-20(15-13-19)22(3,4)5/h8-12,14,16,21,23H,6-7,13,15H2,1-5H3. The zero-order valence-electron chi connectivity index (χ0n) is 15.4. The molecule has 1 aliphatic rings. The van der Waals surface area contributed by atoms with Crippen LogP contribution in [0.25, 0.3) is 0 Å². The number of aliphatic hydroxyl groups excluding tert-OH is 1. The van der Waals surface area contributed by atoms with Crippen molar-refractivity contribution in [2.75, 3.05) is 0 Å². The van der Waals surface area contributed by atoms with Gasteiger partial charge in [0.15, 0.2) is 0 Å². The zero-order valence-corrected chi connectivity index (χ0v) is 15.4. The Balaban J connectivity index is 2.11. The molecule has 1 aromatic rings. The molecular formula is C22H32O. The summed E-state index contributed by atoms with van der Waals surface area (Å²) >= 11 is 0. The van der Waals surface area contributed by atoms with Gasteiger partial charge in [0.2, 0.25) is 0 Å². The molecule has 0 saturated carbocycles. The third-order valence-electron chi connectivity index (χ3n) is 5.04. The Hall–Kier alpha value is -1.34. The number of rotatable bonds is 5. The molecular weight excluding hydrogens is 280 g/mol. The van der Waals surface area contributed by atoms with E-state index in [2.05, 4.69) is 71.0 Å². The van der Waals surface area contributed by atoms with Gasteiger partial charge in [0.1, 0.15) is 6.10 Å². The van der Waals surface area contributed by atoms with Gasteiger partial charge in [-0.15, -0.1) is 0 Å². The van der Waals surface area contributed by atoms with Crippen molar-refractivity contribution >= 4 is 0 Å². The summed E-state index contributed by atoms with van der Waals surface area (Å²) in [6.45, 7) is 11.3. The highest BCUT2D eigenvalue weighted by Gasteiger charge is 2.22. The Morgan fingerprint density at radius 2 is 1.61 bits per heavy atom. The molecule has 0 spiro atoms. The Bertz CT molecular complexity index is 569. The molecule has 23 heavy (non-hydrogen) atoms. The average molecular weight is 312 g/mol. The summed E-state index contributed by atoms with van der Waals surface area (Å²) in [6.07, 6.45) is 8.30. The molecule has 0 bridgehead atoms. The third-order valence-corrected chi connectivity index (χ3v) is 5.04. The fourth-order valence-electron chi connectivity index (χ4n) is 3.33. The van der Waals surface area contributed by atoms with E-state index in [1.165, 1.54) is 24.0 Å². The smallest absolute Gasteiger partial charge is 0.100 e. The first-order valence-corrected chi connectivity index (χ1v) is 9.01. The normalized spacial score (nSPS) is 18.2. The SMILES string of the molecule is CCCC(C)c1ccc(C(O)C2=CC=C(C(C)(C)C)CC2)cc1. The van der Waals surface area contributed by atoms with Gasteiger partial charge in [-0.3, -0.25) is 0 Å². The summed E-state index contributed by atoms with van der Waals surface area (Å²) in [6, 6.07) is 8.54. The van der Waals surface area contributed by atoms with Crippen LogP contribution in [0.2, 0.25) is 0 Å². The Morgan fingerprint density at radius 3 is 2.09 bits per heavy atom. The van der Waals surface area contributed by atoms with Crippen molar-refractivity contribution in [2.45, 2.75) is 72.3 Å². The van der Waals surface area contributed by atoms with Crippen molar-refractivity contribution in [3.05, 3.63) is 58.7 Å². The van der Waals surface area contributed by atoms with Crippen molar-refractivity contribution in [2.24, 2.45) is 5.41 Å². The van der Waals surface area contributed by atoms with E-state index in [9.17, 15) is 5.11 Å². The molecule has 1 nitrogen and oxygen atoms in total. The highest BCUT2D eigenvalue weighted by atomic mass is 16.3. The van der Waals surface area contributed by atoms with E-state index in [1.54, 1.807) is 0 Å². The van der Waals surface area contributed by atoms with Crippen LogP contribution >= 0.6 is 0 Å². The second-order valence-corrected chi connectivity index (χ2v) is 7.94. The van der Waals surface area contributed by atoms with Crippen LogP contribution in [0.3, 0.4) is 0 Å². The van der Waals surface area contributed by atoms with Crippen LogP contribution in [0, 0.1) is 5.41 Å². The van der Waals surface area contributed by atoms with Gasteiger partial charge in [-0.05, 0) is 47.3 Å². The molecule has 126 valence electrons. The van der Waals surface area contributed by atoms with Crippen LogP contribution in [0.1, 0.15) is 83.5 Å². The van der Waals surface area contributed by atoms with Crippen LogP contribution < -0.4 is 0 Å². The molecule has 1 heteroatoms. The van der Waals surface area contributed by atoms with Gasteiger partial charge in [0.25, 0.3) is 0 Å². The van der Waals surface area contributed by atoms with Crippen molar-refractivity contribution < 1.29 is 5.11 Å². The first-order chi connectivity index (χ1) is 10.8. The van der Waals surface area contributed by atoms with E-state index in [-0.39, 0.29) is 5.41 Å². The molecule has 0 fully saturated rings. The molecule has 0 saturated heterocycles. The number of allylic oxidation sites excluding steroid dienone is 3. The van der Waals surface area contributed by atoms with Crippen LogP contribution in [0.5, 0.6) is 0 Å². The van der Waals surface area contributed by atoms with Gasteiger partial charge in [-0.2, -0.15) is 0 Å². The van der Waals surface area contributed by atoms with E-state index >= 15 is 0 Å². The zero-order chi connectivity index (χ0) is 17.0. The molecule has 1 N–H and O–H groups in total. The maximum absolute atomic E-state index is 10.7. The molecule has 2 unspecified atom stereocenters. The van der Waals surface area contributed by atoms with Gasteiger partial charge in [0, 0.05) is 0 Å². The Morgan fingerprint density at radius 1 is 1.00 bits per heavy atom. The number of aliphatic hydroxyl groups is 1. The van der Waals surface area contributed by atoms with E-state index in [1.807, 2.05) is 0 Å². The molecule has 0 heterocycles. The van der Waals surface area contributed by atoms with E-state index in [4.69, 9.17) is 0 Å². The lowest BCUT2D eigenvalue weighted by Crippen LogP contribution is -2.13. The minimum absolute atomic E-state index is 0.226. The second-order valence-electron chi connectivity index (χ2n) is 7.94. The van der Waals surface area contributed by atoms with E-state index < -0.39 is 6.10 Å². The molecule has 0 amide bonds. The van der Waals surface area contributed by atoms with Crippen LogP contribution in [-0.4, -0.2) is 5.11 Å². The molecule has 1 aliphatic carbocycles. The van der Waals surface area contributed by atoms with Crippen LogP contribution in [0.15, 0.2) is 47.6 Å². The number of hydrogen-bond acceptors (Lipinski definition) is 1. The van der Waals surface area contributed by atoms with Crippen LogP contribution in [0.4, 0.5) is 0 Å². The number of benzene rings is 1. The fourth-order valence-corrected chi connectivity index (χ4v) is 3.33. The largest absolute Gasteiger partial charge is 0.384 e. The molecule has 1 aromatic carbocycles. The molecule has 2 atom stereocenters. The first-order valence-electron chi connectivity index (χ1n) is 9.01. The lowest BCUT2D eigenvalue weighted by molar-refractivity contribution is 0.210. The van der Waals surface area contributed by atoms with Gasteiger partial charge < -0.3 is 5.11 Å². The Labute approximate surface area is 142 Å². The predicted octanol–water partition coefficient (Wildman–Crippen LogP) is 6.32. The van der Waals surface area contributed by atoms with E-state index in [0.29, 0.717) is 5.92 Å². The van der Waals surface area contributed by atoms with Crippen molar-refractivity contribution in [1.29, 1.82) is 0 Å². The molecule has 0 aliphatic heterocycles. The summed E-state index contributed by atoms with van der Waals surface area (Å²) in [4.78, 5) is 0. The first kappa shape index (κ1) is 18.0. The third kappa shape index (κ3) is 4.57. The lowest BCUT2D eigenvalue weighted by atomic mass is 9.79. The monoisotopic (exact) mass is 312 g/mol. The van der Waals surface area contributed by atoms with Crippen molar-refractivity contribution in [3.63, 3.8) is 0 Å². The second kappa shape index (κ2) is 7.49. The van der Waals surface area contributed by atoms with Crippen molar-refractivity contribution in [1.82, 2.24) is 0 Å². The maximum Gasteiger partial charge on any atom is 0.100 e. The highest BCUT2D eigenvalue weighted by molar-refractivity contribution is 5.35. The summed E-state index contributed by atoms with van der Waals surface area (Å²) in [5.74, 6) is 0.595. The number of hydrogen-bond donors (Lipinski definition) is 1. The molecule has 0 aromatic heterocycles. The van der Waals surface area contributed by atoms with Crippen LogP contribution in [-0.2, 0) is 0 Å². The van der Waals surface area contributed by atoms with Gasteiger partial charge in [0.05, 0.1) is 0 Å². The molecule has 0 radical (unpaired) electrons. The van der Waals surface area contributed by atoms with E-state index in [0.717, 1.165) is 24.0 Å². The van der Waals surface area contributed by atoms with Gasteiger partial charge >= 0.3 is 0 Å². The fraction of sp³-hybridized carbons (Fsp3) is 0.545. The van der Waals surface area contributed by atoms with Gasteiger partial charge in [-0.1, -0.05) is 83.0 Å². The van der Waals surface area contributed by atoms with Crippen molar-refractivity contribution in [3.8, 4) is 0 Å². The average Bonchev–Trinajstić information content (AvgIpc) is 2.54.